The highest BCUT2D eigenvalue weighted by Gasteiger charge is 2.34. The van der Waals surface area contributed by atoms with E-state index in [4.69, 9.17) is 9.47 Å². The summed E-state index contributed by atoms with van der Waals surface area (Å²) in [5.74, 6) is -1.01. The number of carboxylic acid groups (broad SMARTS) is 1. The van der Waals surface area contributed by atoms with E-state index in [0.717, 1.165) is 25.7 Å². The van der Waals surface area contributed by atoms with Crippen LogP contribution in [0.5, 0.6) is 5.75 Å². The van der Waals surface area contributed by atoms with Crippen LogP contribution in [0.4, 0.5) is 5.69 Å². The number of carbonyl (C=O) groups is 3. The topological polar surface area (TPSA) is 105 Å². The minimum absolute atomic E-state index is 0.0967. The number of aliphatic carboxylic acids is 1. The standard InChI is InChI=1S/C23H32N2O6/c1-2-30-23(29)17(16-8-4-3-5-9-16)12-13-24-18-15-31-20-11-7-6-10-19(20)25(22(18)28)14-21(26)27/h6-7,10-11,16-18,24H,2-5,8-9,12-15H2,1H3,(H,26,27)/t17-,18?/m0/s1. The zero-order valence-corrected chi connectivity index (χ0v) is 18.0. The molecule has 31 heavy (non-hydrogen) atoms. The van der Waals surface area contributed by atoms with E-state index in [-0.39, 0.29) is 24.4 Å². The van der Waals surface area contributed by atoms with Crippen LogP contribution in [-0.4, -0.2) is 55.3 Å². The van der Waals surface area contributed by atoms with Gasteiger partial charge in [0.2, 0.25) is 5.91 Å². The van der Waals surface area contributed by atoms with Crippen molar-refractivity contribution in [1.82, 2.24) is 5.32 Å². The Morgan fingerprint density at radius 2 is 2.00 bits per heavy atom. The van der Waals surface area contributed by atoms with Crippen molar-refractivity contribution in [3.63, 3.8) is 0 Å². The normalized spacial score (nSPS) is 20.4. The van der Waals surface area contributed by atoms with Crippen LogP contribution in [0.15, 0.2) is 24.3 Å². The van der Waals surface area contributed by atoms with Crippen LogP contribution in [0.2, 0.25) is 0 Å². The van der Waals surface area contributed by atoms with Crippen LogP contribution >= 0.6 is 0 Å². The molecule has 2 aliphatic rings. The van der Waals surface area contributed by atoms with Gasteiger partial charge in [0, 0.05) is 0 Å². The Bertz CT molecular complexity index is 777. The second-order valence-corrected chi connectivity index (χ2v) is 8.15. The first kappa shape index (κ1) is 23.1. The predicted octanol–water partition coefficient (Wildman–Crippen LogP) is 2.60. The number of fused-ring (bicyclic) bond motifs is 1. The van der Waals surface area contributed by atoms with E-state index in [1.807, 2.05) is 6.92 Å². The minimum atomic E-state index is -1.09. The molecule has 0 saturated heterocycles. The lowest BCUT2D eigenvalue weighted by Crippen LogP contribution is -2.50. The van der Waals surface area contributed by atoms with Gasteiger partial charge in [-0.25, -0.2) is 0 Å². The van der Waals surface area contributed by atoms with Gasteiger partial charge in [-0.15, -0.1) is 0 Å². The van der Waals surface area contributed by atoms with Crippen molar-refractivity contribution in [2.24, 2.45) is 11.8 Å². The monoisotopic (exact) mass is 432 g/mol. The third kappa shape index (κ3) is 5.97. The number of nitrogens with one attached hydrogen (secondary N) is 1. The quantitative estimate of drug-likeness (QED) is 0.578. The van der Waals surface area contributed by atoms with E-state index in [1.165, 1.54) is 11.3 Å². The average molecular weight is 433 g/mol. The molecule has 1 aliphatic heterocycles. The Labute approximate surface area is 182 Å². The molecule has 1 aliphatic carbocycles. The Morgan fingerprint density at radius 1 is 1.26 bits per heavy atom. The van der Waals surface area contributed by atoms with Crippen LogP contribution in [0.25, 0.3) is 0 Å². The molecular formula is C23H32N2O6. The average Bonchev–Trinajstić information content (AvgIpc) is 2.89. The van der Waals surface area contributed by atoms with E-state index >= 15 is 0 Å². The molecule has 8 heteroatoms. The predicted molar refractivity (Wildman–Crippen MR) is 115 cm³/mol. The molecule has 170 valence electrons. The van der Waals surface area contributed by atoms with Gasteiger partial charge in [0.15, 0.2) is 0 Å². The van der Waals surface area contributed by atoms with E-state index in [2.05, 4.69) is 5.32 Å². The number of benzene rings is 1. The van der Waals surface area contributed by atoms with Crippen molar-refractivity contribution in [3.05, 3.63) is 24.3 Å². The van der Waals surface area contributed by atoms with E-state index in [1.54, 1.807) is 24.3 Å². The number of carbonyl (C=O) groups excluding carboxylic acids is 2. The molecule has 0 radical (unpaired) electrons. The first-order chi connectivity index (χ1) is 15.0. The van der Waals surface area contributed by atoms with Crippen LogP contribution < -0.4 is 15.0 Å². The first-order valence-electron chi connectivity index (χ1n) is 11.2. The highest BCUT2D eigenvalue weighted by Crippen LogP contribution is 2.33. The molecule has 8 nitrogen and oxygen atoms in total. The van der Waals surface area contributed by atoms with Crippen molar-refractivity contribution < 1.29 is 29.0 Å². The van der Waals surface area contributed by atoms with Crippen LogP contribution in [0.3, 0.4) is 0 Å². The van der Waals surface area contributed by atoms with Crippen LogP contribution in [0.1, 0.15) is 45.4 Å². The van der Waals surface area contributed by atoms with Gasteiger partial charge in [0.1, 0.15) is 24.9 Å². The van der Waals surface area contributed by atoms with Crippen molar-refractivity contribution in [1.29, 1.82) is 0 Å². The number of hydrogen-bond acceptors (Lipinski definition) is 6. The number of amides is 1. The summed E-state index contributed by atoms with van der Waals surface area (Å²) >= 11 is 0. The van der Waals surface area contributed by atoms with Crippen LogP contribution in [0, 0.1) is 11.8 Å². The number of ether oxygens (including phenoxy) is 2. The molecule has 3 rings (SSSR count). The Hall–Kier alpha value is -2.61. The fourth-order valence-electron chi connectivity index (χ4n) is 4.54. The van der Waals surface area contributed by atoms with Crippen LogP contribution in [-0.2, 0) is 19.1 Å². The lowest BCUT2D eigenvalue weighted by atomic mass is 9.78. The summed E-state index contributed by atoms with van der Waals surface area (Å²) in [5, 5.41) is 12.5. The zero-order chi connectivity index (χ0) is 22.2. The number of rotatable bonds is 9. The van der Waals surface area contributed by atoms with Crippen molar-refractivity contribution in [2.75, 3.05) is 31.2 Å². The lowest BCUT2D eigenvalue weighted by Gasteiger charge is -2.29. The maximum absolute atomic E-state index is 13.1. The van der Waals surface area contributed by atoms with Gasteiger partial charge in [-0.1, -0.05) is 31.4 Å². The molecule has 0 bridgehead atoms. The smallest absolute Gasteiger partial charge is 0.323 e. The fourth-order valence-corrected chi connectivity index (χ4v) is 4.54. The molecule has 1 saturated carbocycles. The third-order valence-electron chi connectivity index (χ3n) is 6.07. The molecule has 1 fully saturated rings. The summed E-state index contributed by atoms with van der Waals surface area (Å²) in [5.41, 5.74) is 0.450. The second kappa shape index (κ2) is 11.1. The third-order valence-corrected chi connectivity index (χ3v) is 6.07. The summed E-state index contributed by atoms with van der Waals surface area (Å²) in [4.78, 5) is 38.2. The number of esters is 1. The summed E-state index contributed by atoms with van der Waals surface area (Å²) in [6, 6.07) is 6.23. The Kier molecular flexibility index (Phi) is 8.28. The molecule has 0 spiro atoms. The molecule has 1 heterocycles. The van der Waals surface area contributed by atoms with Crippen molar-refractivity contribution >= 4 is 23.5 Å². The van der Waals surface area contributed by atoms with E-state index in [0.29, 0.717) is 36.9 Å². The van der Waals surface area contributed by atoms with Gasteiger partial charge in [-0.05, 0) is 50.8 Å². The lowest BCUT2D eigenvalue weighted by molar-refractivity contribution is -0.150. The number of para-hydroxylation sites is 2. The Balaban J connectivity index is 1.66. The first-order valence-corrected chi connectivity index (χ1v) is 11.2. The number of nitrogens with zero attached hydrogens (tertiary/aromatic N) is 1. The summed E-state index contributed by atoms with van der Waals surface area (Å²) < 4.78 is 11.1. The maximum Gasteiger partial charge on any atom is 0.323 e. The number of anilines is 1. The van der Waals surface area contributed by atoms with Crippen molar-refractivity contribution in [2.45, 2.75) is 51.5 Å². The Morgan fingerprint density at radius 3 is 2.71 bits per heavy atom. The second-order valence-electron chi connectivity index (χ2n) is 8.15. The van der Waals surface area contributed by atoms with Gasteiger partial charge in [-0.2, -0.15) is 0 Å². The van der Waals surface area contributed by atoms with Gasteiger partial charge in [-0.3, -0.25) is 19.3 Å². The van der Waals surface area contributed by atoms with E-state index in [9.17, 15) is 19.5 Å². The maximum atomic E-state index is 13.1. The van der Waals surface area contributed by atoms with E-state index < -0.39 is 18.6 Å². The molecular weight excluding hydrogens is 400 g/mol. The highest BCUT2D eigenvalue weighted by molar-refractivity contribution is 6.02. The highest BCUT2D eigenvalue weighted by atomic mass is 16.5. The van der Waals surface area contributed by atoms with Gasteiger partial charge >= 0.3 is 11.9 Å². The number of carboxylic acids is 1. The SMILES string of the molecule is CCOC(=O)[C@@H](CCNC1COc2ccccc2N(CC(=O)O)C1=O)C1CCCCC1. The molecule has 1 unspecified atom stereocenters. The largest absolute Gasteiger partial charge is 0.489 e. The number of hydrogen-bond donors (Lipinski definition) is 2. The fraction of sp³-hybridized carbons (Fsp3) is 0.609. The minimum Gasteiger partial charge on any atom is -0.489 e. The van der Waals surface area contributed by atoms with Gasteiger partial charge < -0.3 is 19.9 Å². The molecule has 0 aromatic heterocycles. The molecule has 2 N–H and O–H groups in total. The molecule has 2 atom stereocenters. The molecule has 1 aromatic rings. The summed E-state index contributed by atoms with van der Waals surface area (Å²) in [6.45, 7) is 2.26. The van der Waals surface area contributed by atoms with Gasteiger partial charge in [0.05, 0.1) is 18.2 Å². The summed E-state index contributed by atoms with van der Waals surface area (Å²) in [7, 11) is 0. The van der Waals surface area contributed by atoms with Crippen molar-refractivity contribution in [3.8, 4) is 5.75 Å². The zero-order valence-electron chi connectivity index (χ0n) is 18.0. The molecule has 1 amide bonds. The molecule has 1 aromatic carbocycles. The van der Waals surface area contributed by atoms with Gasteiger partial charge in [0.25, 0.3) is 0 Å². The summed E-state index contributed by atoms with van der Waals surface area (Å²) in [6.07, 6.45) is 6.08.